The summed E-state index contributed by atoms with van der Waals surface area (Å²) in [5.41, 5.74) is -1.37. The van der Waals surface area contributed by atoms with Gasteiger partial charge in [-0.2, -0.15) is 10.2 Å². The Balaban J connectivity index is 2.51. The summed E-state index contributed by atoms with van der Waals surface area (Å²) in [6, 6.07) is 6.97. The summed E-state index contributed by atoms with van der Waals surface area (Å²) >= 11 is 6.99. The maximum Gasteiger partial charge on any atom is 0.339 e. The molecule has 1 heterocycles. The van der Waals surface area contributed by atoms with E-state index in [9.17, 15) is 9.59 Å². The first-order valence-electron chi connectivity index (χ1n) is 5.06. The molecule has 0 radical (unpaired) electrons. The number of aromatic amines is 1. The fourth-order valence-electron chi connectivity index (χ4n) is 1.35. The largest absolute Gasteiger partial charge is 0.339 e. The van der Waals surface area contributed by atoms with E-state index in [2.05, 4.69) is 10.1 Å². The number of nitriles is 1. The third-order valence-electron chi connectivity index (χ3n) is 2.24. The van der Waals surface area contributed by atoms with E-state index in [4.69, 9.17) is 16.9 Å². The number of aryl methyl sites for hydroxylation is 1. The summed E-state index contributed by atoms with van der Waals surface area (Å²) in [5.74, 6) is 0. The lowest BCUT2D eigenvalue weighted by molar-refractivity contribution is 0.596. The standard InChI is InChI=1S/C11H7ClN4O2S/c1-16-11(14-9(17)10(18)15-16)19-8-4-2-3-7(12)6(8)5-13/h2-4H,1H3,(H,15,18). The number of benzene rings is 1. The molecule has 1 aromatic heterocycles. The SMILES string of the molecule is Cn1[nH]c(=O)c(=O)nc1Sc1cccc(Cl)c1C#N. The highest BCUT2D eigenvalue weighted by Gasteiger charge is 2.11. The maximum absolute atomic E-state index is 11.2. The zero-order chi connectivity index (χ0) is 14.0. The Labute approximate surface area is 116 Å². The molecule has 96 valence electrons. The zero-order valence-corrected chi connectivity index (χ0v) is 11.2. The van der Waals surface area contributed by atoms with Crippen molar-refractivity contribution in [2.24, 2.45) is 7.05 Å². The average molecular weight is 295 g/mol. The Bertz CT molecular complexity index is 791. The molecule has 1 N–H and O–H groups in total. The number of halogens is 1. The van der Waals surface area contributed by atoms with Gasteiger partial charge in [0.05, 0.1) is 10.6 Å². The van der Waals surface area contributed by atoms with Crippen molar-refractivity contribution in [2.75, 3.05) is 0 Å². The molecule has 0 aliphatic heterocycles. The fraction of sp³-hybridized carbons (Fsp3) is 0.0909. The van der Waals surface area contributed by atoms with E-state index in [0.29, 0.717) is 15.5 Å². The van der Waals surface area contributed by atoms with Crippen molar-refractivity contribution in [3.63, 3.8) is 0 Å². The smallest absolute Gasteiger partial charge is 0.265 e. The lowest BCUT2D eigenvalue weighted by Crippen LogP contribution is -2.33. The summed E-state index contributed by atoms with van der Waals surface area (Å²) in [4.78, 5) is 26.5. The van der Waals surface area contributed by atoms with E-state index in [-0.39, 0.29) is 5.16 Å². The third-order valence-corrected chi connectivity index (χ3v) is 3.66. The minimum Gasteiger partial charge on any atom is -0.265 e. The average Bonchev–Trinajstić information content (AvgIpc) is 2.36. The number of nitrogens with zero attached hydrogens (tertiary/aromatic N) is 3. The molecule has 2 aromatic rings. The van der Waals surface area contributed by atoms with Gasteiger partial charge in [-0.3, -0.25) is 19.4 Å². The monoisotopic (exact) mass is 294 g/mol. The Kier molecular flexibility index (Phi) is 3.74. The zero-order valence-electron chi connectivity index (χ0n) is 9.68. The van der Waals surface area contributed by atoms with Crippen LogP contribution in [0.3, 0.4) is 0 Å². The van der Waals surface area contributed by atoms with Gasteiger partial charge in [-0.25, -0.2) is 0 Å². The molecule has 0 aliphatic rings. The van der Waals surface area contributed by atoms with Crippen LogP contribution in [0.1, 0.15) is 5.56 Å². The van der Waals surface area contributed by atoms with Crippen molar-refractivity contribution in [1.82, 2.24) is 14.8 Å². The van der Waals surface area contributed by atoms with Crippen LogP contribution in [-0.2, 0) is 7.05 Å². The van der Waals surface area contributed by atoms with E-state index in [1.54, 1.807) is 25.2 Å². The van der Waals surface area contributed by atoms with Gasteiger partial charge in [0.2, 0.25) is 0 Å². The normalized spacial score (nSPS) is 10.2. The van der Waals surface area contributed by atoms with Gasteiger partial charge in [-0.15, -0.1) is 0 Å². The number of aromatic nitrogens is 3. The van der Waals surface area contributed by atoms with Gasteiger partial charge in [0, 0.05) is 11.9 Å². The van der Waals surface area contributed by atoms with Crippen molar-refractivity contribution < 1.29 is 0 Å². The van der Waals surface area contributed by atoms with Gasteiger partial charge in [0.25, 0.3) is 0 Å². The highest BCUT2D eigenvalue weighted by Crippen LogP contribution is 2.31. The number of hydrogen-bond donors (Lipinski definition) is 1. The van der Waals surface area contributed by atoms with Crippen LogP contribution in [0.25, 0.3) is 0 Å². The second kappa shape index (κ2) is 5.30. The summed E-state index contributed by atoms with van der Waals surface area (Å²) in [5, 5.41) is 12.0. The van der Waals surface area contributed by atoms with E-state index < -0.39 is 11.1 Å². The Morgan fingerprint density at radius 2 is 2.21 bits per heavy atom. The molecular formula is C11H7ClN4O2S. The minimum atomic E-state index is -0.874. The molecule has 2 rings (SSSR count). The van der Waals surface area contributed by atoms with Crippen LogP contribution < -0.4 is 11.1 Å². The summed E-state index contributed by atoms with van der Waals surface area (Å²) in [6.07, 6.45) is 0. The molecule has 0 saturated heterocycles. The molecule has 1 aromatic carbocycles. The van der Waals surface area contributed by atoms with Crippen molar-refractivity contribution in [3.05, 3.63) is 49.5 Å². The summed E-state index contributed by atoms with van der Waals surface area (Å²) < 4.78 is 1.32. The number of hydrogen-bond acceptors (Lipinski definition) is 5. The van der Waals surface area contributed by atoms with Gasteiger partial charge in [0.15, 0.2) is 5.16 Å². The van der Waals surface area contributed by atoms with Gasteiger partial charge >= 0.3 is 11.1 Å². The van der Waals surface area contributed by atoms with Gasteiger partial charge in [-0.05, 0) is 23.9 Å². The Morgan fingerprint density at radius 3 is 2.89 bits per heavy atom. The molecule has 0 unspecified atom stereocenters. The highest BCUT2D eigenvalue weighted by molar-refractivity contribution is 7.99. The molecule has 0 fully saturated rings. The first-order valence-corrected chi connectivity index (χ1v) is 6.26. The van der Waals surface area contributed by atoms with E-state index >= 15 is 0 Å². The third kappa shape index (κ3) is 2.70. The molecule has 0 atom stereocenters. The van der Waals surface area contributed by atoms with E-state index in [1.165, 1.54) is 4.68 Å². The van der Waals surface area contributed by atoms with Gasteiger partial charge < -0.3 is 0 Å². The number of H-pyrrole nitrogens is 1. The maximum atomic E-state index is 11.2. The molecular weight excluding hydrogens is 288 g/mol. The van der Waals surface area contributed by atoms with Crippen LogP contribution in [0.2, 0.25) is 5.02 Å². The van der Waals surface area contributed by atoms with Gasteiger partial charge in [0.1, 0.15) is 6.07 Å². The molecule has 8 heteroatoms. The molecule has 6 nitrogen and oxygen atoms in total. The predicted octanol–water partition coefficient (Wildman–Crippen LogP) is 1.14. The first kappa shape index (κ1) is 13.4. The van der Waals surface area contributed by atoms with Crippen molar-refractivity contribution >= 4 is 23.4 Å². The van der Waals surface area contributed by atoms with Crippen LogP contribution in [0, 0.1) is 11.3 Å². The Morgan fingerprint density at radius 1 is 1.47 bits per heavy atom. The fourth-order valence-corrected chi connectivity index (χ4v) is 2.53. The summed E-state index contributed by atoms with van der Waals surface area (Å²) in [6.45, 7) is 0. The van der Waals surface area contributed by atoms with Crippen LogP contribution in [0.5, 0.6) is 0 Å². The van der Waals surface area contributed by atoms with E-state index in [1.807, 2.05) is 6.07 Å². The van der Waals surface area contributed by atoms with E-state index in [0.717, 1.165) is 11.8 Å². The van der Waals surface area contributed by atoms with Crippen molar-refractivity contribution in [1.29, 1.82) is 5.26 Å². The lowest BCUT2D eigenvalue weighted by Gasteiger charge is -2.07. The topological polar surface area (TPSA) is 91.5 Å². The van der Waals surface area contributed by atoms with Gasteiger partial charge in [-0.1, -0.05) is 17.7 Å². The van der Waals surface area contributed by atoms with Crippen LogP contribution in [0.15, 0.2) is 37.8 Å². The molecule has 0 spiro atoms. The lowest BCUT2D eigenvalue weighted by atomic mass is 10.2. The molecule has 19 heavy (non-hydrogen) atoms. The Hall–Kier alpha value is -2.04. The van der Waals surface area contributed by atoms with Crippen molar-refractivity contribution in [2.45, 2.75) is 10.1 Å². The molecule has 0 amide bonds. The summed E-state index contributed by atoms with van der Waals surface area (Å²) in [7, 11) is 1.55. The highest BCUT2D eigenvalue weighted by atomic mass is 35.5. The number of nitrogens with one attached hydrogen (secondary N) is 1. The molecule has 0 aliphatic carbocycles. The predicted molar refractivity (Wildman–Crippen MR) is 70.4 cm³/mol. The van der Waals surface area contributed by atoms with Crippen LogP contribution in [-0.4, -0.2) is 14.8 Å². The van der Waals surface area contributed by atoms with Crippen molar-refractivity contribution in [3.8, 4) is 6.07 Å². The van der Waals surface area contributed by atoms with Crippen LogP contribution >= 0.6 is 23.4 Å². The second-order valence-corrected chi connectivity index (χ2v) is 4.94. The second-order valence-electron chi connectivity index (χ2n) is 3.53. The minimum absolute atomic E-state index is 0.267. The molecule has 0 saturated carbocycles. The quantitative estimate of drug-likeness (QED) is 0.839. The first-order chi connectivity index (χ1) is 9.02. The molecule has 0 bridgehead atoms. The van der Waals surface area contributed by atoms with Crippen LogP contribution in [0.4, 0.5) is 0 Å². The number of rotatable bonds is 2.